The predicted molar refractivity (Wildman–Crippen MR) is 74.0 cm³/mol. The smallest absolute Gasteiger partial charge is 0.164 e. The number of aromatic amines is 1. The number of methoxy groups -OCH3 is 2. The molecule has 96 valence electrons. The van der Waals surface area contributed by atoms with Gasteiger partial charge in [0.2, 0.25) is 0 Å². The molecular weight excluding hydrogens is 298 g/mol. The molecule has 0 fully saturated rings. The Labute approximate surface area is 113 Å². The maximum atomic E-state index is 5.86. The molecule has 0 spiro atoms. The van der Waals surface area contributed by atoms with Crippen LogP contribution < -0.4 is 15.2 Å². The average Bonchev–Trinajstić information content (AvgIpc) is 2.75. The number of halogens is 1. The Bertz CT molecular complexity index is 581. The van der Waals surface area contributed by atoms with E-state index in [1.165, 1.54) is 0 Å². The fourth-order valence-electron chi connectivity index (χ4n) is 1.96. The zero-order valence-electron chi connectivity index (χ0n) is 10.4. The van der Waals surface area contributed by atoms with E-state index in [-0.39, 0.29) is 0 Å². The lowest BCUT2D eigenvalue weighted by molar-refractivity contribution is 0.353. The number of nitrogens with zero attached hydrogens (tertiary/aromatic N) is 1. The molecule has 18 heavy (non-hydrogen) atoms. The number of anilines is 1. The molecule has 6 heteroatoms. The van der Waals surface area contributed by atoms with Crippen molar-refractivity contribution < 1.29 is 9.47 Å². The van der Waals surface area contributed by atoms with E-state index in [2.05, 4.69) is 26.1 Å². The zero-order valence-corrected chi connectivity index (χ0v) is 12.0. The van der Waals surface area contributed by atoms with Crippen LogP contribution in [0.15, 0.2) is 16.7 Å². The van der Waals surface area contributed by atoms with Crippen LogP contribution in [-0.4, -0.2) is 24.4 Å². The lowest BCUT2D eigenvalue weighted by atomic mass is 10.0. The van der Waals surface area contributed by atoms with Crippen molar-refractivity contribution in [1.82, 2.24) is 10.2 Å². The van der Waals surface area contributed by atoms with Crippen molar-refractivity contribution in [2.45, 2.75) is 6.92 Å². The van der Waals surface area contributed by atoms with Crippen molar-refractivity contribution >= 4 is 21.7 Å². The molecule has 0 radical (unpaired) electrons. The van der Waals surface area contributed by atoms with Crippen LogP contribution in [0.5, 0.6) is 11.5 Å². The number of hydrogen-bond acceptors (Lipinski definition) is 4. The minimum atomic E-state index is 0.519. The predicted octanol–water partition coefficient (Wildman–Crippen LogP) is 2.75. The van der Waals surface area contributed by atoms with Gasteiger partial charge in [-0.25, -0.2) is 0 Å². The number of nitrogens with one attached hydrogen (secondary N) is 1. The maximum absolute atomic E-state index is 5.86. The van der Waals surface area contributed by atoms with Gasteiger partial charge in [0, 0.05) is 21.2 Å². The Morgan fingerprint density at radius 1 is 1.33 bits per heavy atom. The average molecular weight is 312 g/mol. The lowest BCUT2D eigenvalue weighted by Gasteiger charge is -2.15. The van der Waals surface area contributed by atoms with Crippen molar-refractivity contribution in [3.05, 3.63) is 22.3 Å². The first-order valence-electron chi connectivity index (χ1n) is 5.30. The second kappa shape index (κ2) is 4.89. The molecule has 0 amide bonds. The third-order valence-corrected chi connectivity index (χ3v) is 3.42. The van der Waals surface area contributed by atoms with Crippen LogP contribution in [0.3, 0.4) is 0 Å². The fraction of sp³-hybridized carbons (Fsp3) is 0.250. The summed E-state index contributed by atoms with van der Waals surface area (Å²) in [6.07, 6.45) is 1.69. The minimum absolute atomic E-state index is 0.519. The molecule has 0 unspecified atom stereocenters. The van der Waals surface area contributed by atoms with E-state index in [4.69, 9.17) is 15.2 Å². The molecule has 0 atom stereocenters. The first-order valence-corrected chi connectivity index (χ1v) is 6.09. The van der Waals surface area contributed by atoms with Gasteiger partial charge in [-0.15, -0.1) is 0 Å². The molecule has 1 aromatic heterocycles. The van der Waals surface area contributed by atoms with Crippen molar-refractivity contribution in [2.24, 2.45) is 0 Å². The molecule has 2 aromatic rings. The maximum Gasteiger partial charge on any atom is 0.164 e. The van der Waals surface area contributed by atoms with Crippen molar-refractivity contribution in [3.63, 3.8) is 0 Å². The normalized spacial score (nSPS) is 10.4. The highest BCUT2D eigenvalue weighted by Crippen LogP contribution is 2.43. The monoisotopic (exact) mass is 311 g/mol. The summed E-state index contributed by atoms with van der Waals surface area (Å²) in [6, 6.07) is 1.85. The van der Waals surface area contributed by atoms with Crippen LogP contribution in [0, 0.1) is 6.92 Å². The van der Waals surface area contributed by atoms with Crippen LogP contribution in [0.25, 0.3) is 11.1 Å². The number of aromatic nitrogens is 2. The second-order valence-electron chi connectivity index (χ2n) is 3.79. The molecule has 0 aliphatic rings. The van der Waals surface area contributed by atoms with Gasteiger partial charge in [0.05, 0.1) is 20.4 Å². The van der Waals surface area contributed by atoms with Gasteiger partial charge in [0.1, 0.15) is 5.82 Å². The van der Waals surface area contributed by atoms with Gasteiger partial charge in [-0.1, -0.05) is 0 Å². The standard InChI is InChI=1S/C12H14BrN3O2/c1-6-10(7-5-15-16-12(7)14)8(13)4-9(17-2)11(6)18-3/h4-5H,1-3H3,(H3,14,15,16). The Kier molecular flexibility index (Phi) is 3.47. The highest BCUT2D eigenvalue weighted by molar-refractivity contribution is 9.10. The topological polar surface area (TPSA) is 73.2 Å². The number of nitrogen functional groups attached to an aromatic ring is 1. The number of hydrogen-bond donors (Lipinski definition) is 2. The van der Waals surface area contributed by atoms with Crippen molar-refractivity contribution in [2.75, 3.05) is 20.0 Å². The summed E-state index contributed by atoms with van der Waals surface area (Å²) in [4.78, 5) is 0. The molecule has 1 aromatic carbocycles. The quantitative estimate of drug-likeness (QED) is 0.914. The molecule has 5 nitrogen and oxygen atoms in total. The van der Waals surface area contributed by atoms with E-state index < -0.39 is 0 Å². The number of rotatable bonds is 3. The van der Waals surface area contributed by atoms with E-state index in [1.54, 1.807) is 20.4 Å². The van der Waals surface area contributed by atoms with Crippen LogP contribution >= 0.6 is 15.9 Å². The Hall–Kier alpha value is -1.69. The lowest BCUT2D eigenvalue weighted by Crippen LogP contribution is -1.97. The molecular formula is C12H14BrN3O2. The summed E-state index contributed by atoms with van der Waals surface area (Å²) >= 11 is 3.52. The van der Waals surface area contributed by atoms with E-state index in [0.717, 1.165) is 21.2 Å². The Balaban J connectivity index is 2.73. The highest BCUT2D eigenvalue weighted by atomic mass is 79.9. The van der Waals surface area contributed by atoms with Crippen LogP contribution in [0.1, 0.15) is 5.56 Å². The van der Waals surface area contributed by atoms with Gasteiger partial charge in [-0.05, 0) is 28.9 Å². The second-order valence-corrected chi connectivity index (χ2v) is 4.65. The Morgan fingerprint density at radius 3 is 2.56 bits per heavy atom. The molecule has 2 rings (SSSR count). The van der Waals surface area contributed by atoms with Gasteiger partial charge in [0.15, 0.2) is 11.5 Å². The molecule has 0 bridgehead atoms. The summed E-state index contributed by atoms with van der Waals surface area (Å²) in [5.41, 5.74) is 8.58. The highest BCUT2D eigenvalue weighted by Gasteiger charge is 2.18. The van der Waals surface area contributed by atoms with Crippen LogP contribution in [0.2, 0.25) is 0 Å². The van der Waals surface area contributed by atoms with Gasteiger partial charge < -0.3 is 15.2 Å². The van der Waals surface area contributed by atoms with E-state index in [0.29, 0.717) is 17.3 Å². The molecule has 0 aliphatic heterocycles. The van der Waals surface area contributed by atoms with Crippen molar-refractivity contribution in [1.29, 1.82) is 0 Å². The molecule has 3 N–H and O–H groups in total. The third kappa shape index (κ3) is 1.92. The number of benzene rings is 1. The van der Waals surface area contributed by atoms with Gasteiger partial charge in [-0.3, -0.25) is 5.10 Å². The van der Waals surface area contributed by atoms with E-state index >= 15 is 0 Å². The largest absolute Gasteiger partial charge is 0.493 e. The van der Waals surface area contributed by atoms with Gasteiger partial charge in [0.25, 0.3) is 0 Å². The third-order valence-electron chi connectivity index (χ3n) is 2.80. The first-order chi connectivity index (χ1) is 8.60. The summed E-state index contributed by atoms with van der Waals surface area (Å²) in [7, 11) is 3.22. The first kappa shape index (κ1) is 12.8. The summed E-state index contributed by atoms with van der Waals surface area (Å²) < 4.78 is 11.6. The van der Waals surface area contributed by atoms with Gasteiger partial charge >= 0.3 is 0 Å². The number of ether oxygens (including phenoxy) is 2. The molecule has 1 heterocycles. The van der Waals surface area contributed by atoms with Crippen molar-refractivity contribution in [3.8, 4) is 22.6 Å². The summed E-state index contributed by atoms with van der Waals surface area (Å²) in [6.45, 7) is 1.95. The molecule has 0 saturated heterocycles. The molecule has 0 saturated carbocycles. The zero-order chi connectivity index (χ0) is 13.3. The van der Waals surface area contributed by atoms with Crippen LogP contribution in [-0.2, 0) is 0 Å². The number of nitrogens with two attached hydrogens (primary N) is 1. The fourth-order valence-corrected chi connectivity index (χ4v) is 2.68. The minimum Gasteiger partial charge on any atom is -0.493 e. The van der Waals surface area contributed by atoms with E-state index in [1.807, 2.05) is 13.0 Å². The summed E-state index contributed by atoms with van der Waals surface area (Å²) in [5.74, 6) is 1.88. The van der Waals surface area contributed by atoms with E-state index in [9.17, 15) is 0 Å². The Morgan fingerprint density at radius 2 is 2.06 bits per heavy atom. The van der Waals surface area contributed by atoms with Gasteiger partial charge in [-0.2, -0.15) is 5.10 Å². The molecule has 0 aliphatic carbocycles. The summed E-state index contributed by atoms with van der Waals surface area (Å²) in [5, 5.41) is 6.66. The van der Waals surface area contributed by atoms with Crippen LogP contribution in [0.4, 0.5) is 5.82 Å². The number of H-pyrrole nitrogens is 1. The SMILES string of the molecule is COc1cc(Br)c(-c2cn[nH]c2N)c(C)c1OC.